The molecule has 0 aromatic heterocycles. The predicted molar refractivity (Wildman–Crippen MR) is 122 cm³/mol. The van der Waals surface area contributed by atoms with Crippen LogP contribution >= 0.6 is 0 Å². The van der Waals surface area contributed by atoms with Crippen LogP contribution in [0.5, 0.6) is 0 Å². The fourth-order valence-electron chi connectivity index (χ4n) is 10.9. The average molecular weight is 398 g/mol. The van der Waals surface area contributed by atoms with Crippen molar-refractivity contribution < 1.29 is 0 Å². The van der Waals surface area contributed by atoms with E-state index in [-0.39, 0.29) is 0 Å². The predicted octanol–water partition coefficient (Wildman–Crippen LogP) is 7.20. The van der Waals surface area contributed by atoms with Gasteiger partial charge in [0.1, 0.15) is 0 Å². The summed E-state index contributed by atoms with van der Waals surface area (Å²) in [6, 6.07) is 0. The molecule has 0 aromatic carbocycles. The zero-order valence-corrected chi connectivity index (χ0v) is 19.4. The Labute approximate surface area is 180 Å². The van der Waals surface area contributed by atoms with E-state index in [0.29, 0.717) is 5.54 Å². The molecule has 0 radical (unpaired) electrons. The third-order valence-corrected chi connectivity index (χ3v) is 11.5. The van der Waals surface area contributed by atoms with Crippen LogP contribution in [0.3, 0.4) is 0 Å². The Morgan fingerprint density at radius 2 is 1.17 bits per heavy atom. The second-order valence-corrected chi connectivity index (χ2v) is 13.6. The maximum absolute atomic E-state index is 4.20. The quantitative estimate of drug-likeness (QED) is 0.456. The molecule has 0 heterocycles. The van der Waals surface area contributed by atoms with E-state index in [2.05, 4.69) is 19.2 Å². The number of hydrogen-bond acceptors (Lipinski definition) is 1. The molecule has 0 amide bonds. The molecule has 8 rings (SSSR count). The summed E-state index contributed by atoms with van der Waals surface area (Å²) >= 11 is 0. The summed E-state index contributed by atoms with van der Waals surface area (Å²) in [7, 11) is 0. The van der Waals surface area contributed by atoms with Crippen LogP contribution in [0.4, 0.5) is 0 Å². The molecule has 0 aromatic rings. The van der Waals surface area contributed by atoms with Crippen LogP contribution in [-0.2, 0) is 0 Å². The lowest BCUT2D eigenvalue weighted by atomic mass is 9.46. The van der Waals surface area contributed by atoms with Crippen LogP contribution in [0.2, 0.25) is 0 Å². The Balaban J connectivity index is 1.04. The minimum Gasteiger partial charge on any atom is -0.311 e. The van der Waals surface area contributed by atoms with Crippen molar-refractivity contribution in [3.05, 3.63) is 0 Å². The van der Waals surface area contributed by atoms with Gasteiger partial charge < -0.3 is 5.32 Å². The molecule has 8 saturated carbocycles. The molecule has 8 fully saturated rings. The van der Waals surface area contributed by atoms with Crippen LogP contribution in [0, 0.1) is 52.8 Å². The van der Waals surface area contributed by atoms with Crippen molar-refractivity contribution >= 4 is 0 Å². The molecule has 29 heavy (non-hydrogen) atoms. The molecule has 1 nitrogen and oxygen atoms in total. The molecular weight excluding hydrogens is 350 g/mol. The van der Waals surface area contributed by atoms with Gasteiger partial charge in [0.2, 0.25) is 0 Å². The van der Waals surface area contributed by atoms with Crippen molar-refractivity contribution in [1.29, 1.82) is 0 Å². The maximum atomic E-state index is 4.20. The molecule has 1 N–H and O–H groups in total. The van der Waals surface area contributed by atoms with Gasteiger partial charge in [-0.1, -0.05) is 20.3 Å². The highest BCUT2D eigenvalue weighted by Crippen LogP contribution is 2.63. The van der Waals surface area contributed by atoms with E-state index in [1.165, 1.54) is 45.1 Å². The third kappa shape index (κ3) is 3.54. The van der Waals surface area contributed by atoms with E-state index in [1.807, 2.05) is 0 Å². The molecule has 0 aliphatic heterocycles. The van der Waals surface area contributed by atoms with Crippen LogP contribution in [-0.4, -0.2) is 12.1 Å². The highest BCUT2D eigenvalue weighted by atomic mass is 15.0. The van der Waals surface area contributed by atoms with Crippen LogP contribution in [0.25, 0.3) is 0 Å². The summed E-state index contributed by atoms with van der Waals surface area (Å²) in [5, 5.41) is 4.20. The maximum Gasteiger partial charge on any atom is 0.0189 e. The SMILES string of the molecule is CCC(CCNC12CC3CC(CC(C3)C1)C2)CC(C)C12CC3CC(CC(C3)C1)C2. The van der Waals surface area contributed by atoms with E-state index in [4.69, 9.17) is 0 Å². The lowest BCUT2D eigenvalue weighted by Crippen LogP contribution is -2.58. The first-order valence-corrected chi connectivity index (χ1v) is 13.8. The summed E-state index contributed by atoms with van der Waals surface area (Å²) in [5.41, 5.74) is 1.33. The molecule has 2 unspecified atom stereocenters. The van der Waals surface area contributed by atoms with E-state index >= 15 is 0 Å². The van der Waals surface area contributed by atoms with E-state index < -0.39 is 0 Å². The standard InChI is InChI=1S/C28H47N/c1-3-20(4-5-29-28-16-24-10-25(17-28)12-26(11-24)18-28)6-19(2)27-13-21-7-22(14-27)9-23(8-21)15-27/h19-26,29H,3-18H2,1-2H3. The third-order valence-electron chi connectivity index (χ3n) is 11.5. The molecule has 8 aliphatic carbocycles. The summed E-state index contributed by atoms with van der Waals surface area (Å²) in [5.74, 6) is 8.50. The highest BCUT2D eigenvalue weighted by molar-refractivity contribution is 5.06. The fourth-order valence-corrected chi connectivity index (χ4v) is 10.9. The van der Waals surface area contributed by atoms with Crippen LogP contribution in [0.15, 0.2) is 0 Å². The first-order valence-electron chi connectivity index (χ1n) is 13.8. The Morgan fingerprint density at radius 1 is 0.724 bits per heavy atom. The van der Waals surface area contributed by atoms with Crippen molar-refractivity contribution in [2.24, 2.45) is 52.8 Å². The van der Waals surface area contributed by atoms with Gasteiger partial charge in [0.15, 0.2) is 0 Å². The molecule has 2 atom stereocenters. The van der Waals surface area contributed by atoms with Crippen LogP contribution in [0.1, 0.15) is 110 Å². The van der Waals surface area contributed by atoms with Gasteiger partial charge in [0.25, 0.3) is 0 Å². The van der Waals surface area contributed by atoms with E-state index in [1.54, 1.807) is 57.8 Å². The smallest absolute Gasteiger partial charge is 0.0189 e. The van der Waals surface area contributed by atoms with Gasteiger partial charge in [0, 0.05) is 5.54 Å². The van der Waals surface area contributed by atoms with Gasteiger partial charge in [-0.05, 0) is 149 Å². The fraction of sp³-hybridized carbons (Fsp3) is 1.00. The summed E-state index contributed by atoms with van der Waals surface area (Å²) < 4.78 is 0. The molecular formula is C28H47N. The zero-order valence-electron chi connectivity index (χ0n) is 19.4. The van der Waals surface area contributed by atoms with Gasteiger partial charge in [-0.3, -0.25) is 0 Å². The van der Waals surface area contributed by atoms with Crippen molar-refractivity contribution in [1.82, 2.24) is 5.32 Å². The average Bonchev–Trinajstić information content (AvgIpc) is 2.64. The van der Waals surface area contributed by atoms with E-state index in [9.17, 15) is 0 Å². The van der Waals surface area contributed by atoms with Gasteiger partial charge >= 0.3 is 0 Å². The minimum atomic E-state index is 0.568. The number of hydrogen-bond donors (Lipinski definition) is 1. The number of rotatable bonds is 8. The van der Waals surface area contributed by atoms with Gasteiger partial charge in [-0.25, -0.2) is 0 Å². The molecule has 1 heteroatoms. The minimum absolute atomic E-state index is 0.568. The monoisotopic (exact) mass is 397 g/mol. The van der Waals surface area contributed by atoms with Gasteiger partial charge in [-0.2, -0.15) is 0 Å². The highest BCUT2D eigenvalue weighted by Gasteiger charge is 2.53. The topological polar surface area (TPSA) is 12.0 Å². The van der Waals surface area contributed by atoms with Gasteiger partial charge in [0.05, 0.1) is 0 Å². The second kappa shape index (κ2) is 7.25. The van der Waals surface area contributed by atoms with E-state index in [0.717, 1.165) is 52.8 Å². The zero-order chi connectivity index (χ0) is 19.6. The first-order chi connectivity index (χ1) is 14.0. The normalized spacial score (nSPS) is 51.5. The Hall–Kier alpha value is -0.0400. The van der Waals surface area contributed by atoms with Gasteiger partial charge in [-0.15, -0.1) is 0 Å². The van der Waals surface area contributed by atoms with Crippen molar-refractivity contribution in [3.63, 3.8) is 0 Å². The first kappa shape index (κ1) is 19.6. The lowest BCUT2D eigenvalue weighted by Gasteiger charge is -2.59. The van der Waals surface area contributed by atoms with Crippen LogP contribution < -0.4 is 5.32 Å². The summed E-state index contributed by atoms with van der Waals surface area (Å²) in [6.07, 6.45) is 23.2. The summed E-state index contributed by atoms with van der Waals surface area (Å²) in [4.78, 5) is 0. The Morgan fingerprint density at radius 3 is 1.62 bits per heavy atom. The summed E-state index contributed by atoms with van der Waals surface area (Å²) in [6.45, 7) is 6.45. The second-order valence-electron chi connectivity index (χ2n) is 13.6. The number of nitrogens with one attached hydrogen (secondary N) is 1. The van der Waals surface area contributed by atoms with Crippen molar-refractivity contribution in [2.75, 3.05) is 6.54 Å². The van der Waals surface area contributed by atoms with Crippen molar-refractivity contribution in [3.8, 4) is 0 Å². The largest absolute Gasteiger partial charge is 0.311 e. The Bertz CT molecular complexity index is 535. The lowest BCUT2D eigenvalue weighted by molar-refractivity contribution is -0.0880. The van der Waals surface area contributed by atoms with Crippen molar-refractivity contribution in [2.45, 2.75) is 116 Å². The molecule has 164 valence electrons. The molecule has 0 spiro atoms. The molecule has 8 aliphatic rings. The Kier molecular flexibility index (Phi) is 4.90. The molecule has 0 saturated heterocycles. The molecule has 8 bridgehead atoms.